The van der Waals surface area contributed by atoms with Gasteiger partial charge in [0.15, 0.2) is 0 Å². The van der Waals surface area contributed by atoms with Crippen LogP contribution in [-0.4, -0.2) is 29.7 Å². The van der Waals surface area contributed by atoms with E-state index >= 15 is 0 Å². The van der Waals surface area contributed by atoms with E-state index in [1.807, 2.05) is 13.8 Å². The van der Waals surface area contributed by atoms with Crippen LogP contribution >= 0.6 is 0 Å². The van der Waals surface area contributed by atoms with E-state index in [1.54, 1.807) is 20.8 Å². The van der Waals surface area contributed by atoms with Gasteiger partial charge in [0.2, 0.25) is 5.91 Å². The SMILES string of the molecule is CC(C)C(NC(=O)OC(C)(C)C)C(=O)NC1CCCC1C. The maximum Gasteiger partial charge on any atom is 0.408 e. The number of alkyl carbamates (subject to hydrolysis) is 1. The van der Waals surface area contributed by atoms with Crippen LogP contribution in [0.3, 0.4) is 0 Å². The Hall–Kier alpha value is -1.26. The van der Waals surface area contributed by atoms with E-state index in [2.05, 4.69) is 17.6 Å². The van der Waals surface area contributed by atoms with Gasteiger partial charge in [-0.05, 0) is 45.4 Å². The van der Waals surface area contributed by atoms with Crippen LogP contribution in [0.1, 0.15) is 60.8 Å². The van der Waals surface area contributed by atoms with Crippen molar-refractivity contribution in [2.75, 3.05) is 0 Å². The van der Waals surface area contributed by atoms with E-state index in [0.717, 1.165) is 19.3 Å². The van der Waals surface area contributed by atoms with Crippen molar-refractivity contribution in [3.63, 3.8) is 0 Å². The third kappa shape index (κ3) is 5.94. The highest BCUT2D eigenvalue weighted by atomic mass is 16.6. The molecular weight excluding hydrogens is 268 g/mol. The lowest BCUT2D eigenvalue weighted by atomic mass is 10.0. The highest BCUT2D eigenvalue weighted by molar-refractivity contribution is 5.86. The Morgan fingerprint density at radius 3 is 2.24 bits per heavy atom. The van der Waals surface area contributed by atoms with Gasteiger partial charge in [0.05, 0.1) is 0 Å². The van der Waals surface area contributed by atoms with Gasteiger partial charge in [-0.2, -0.15) is 0 Å². The summed E-state index contributed by atoms with van der Waals surface area (Å²) in [6.07, 6.45) is 2.77. The van der Waals surface area contributed by atoms with Crippen LogP contribution in [-0.2, 0) is 9.53 Å². The molecule has 1 rings (SSSR count). The highest BCUT2D eigenvalue weighted by Crippen LogP contribution is 2.25. The largest absolute Gasteiger partial charge is 0.444 e. The van der Waals surface area contributed by atoms with E-state index < -0.39 is 17.7 Å². The molecule has 1 saturated carbocycles. The Balaban J connectivity index is 2.59. The quantitative estimate of drug-likeness (QED) is 0.838. The number of ether oxygens (including phenoxy) is 1. The smallest absolute Gasteiger partial charge is 0.408 e. The number of carbonyl (C=O) groups excluding carboxylic acids is 2. The standard InChI is InChI=1S/C16H30N2O3/c1-10(2)13(18-15(20)21-16(4,5)6)14(19)17-12-9-7-8-11(12)3/h10-13H,7-9H2,1-6H3,(H,17,19)(H,18,20). The van der Waals surface area contributed by atoms with Crippen molar-refractivity contribution in [2.45, 2.75) is 78.5 Å². The molecule has 1 fully saturated rings. The Morgan fingerprint density at radius 1 is 1.19 bits per heavy atom. The van der Waals surface area contributed by atoms with E-state index in [4.69, 9.17) is 4.74 Å². The lowest BCUT2D eigenvalue weighted by Gasteiger charge is -2.27. The van der Waals surface area contributed by atoms with Crippen LogP contribution in [0, 0.1) is 11.8 Å². The maximum absolute atomic E-state index is 12.4. The van der Waals surface area contributed by atoms with Gasteiger partial charge < -0.3 is 15.4 Å². The normalized spacial score (nSPS) is 23.8. The number of amides is 2. The summed E-state index contributed by atoms with van der Waals surface area (Å²) < 4.78 is 5.23. The van der Waals surface area contributed by atoms with Crippen LogP contribution in [0.5, 0.6) is 0 Å². The summed E-state index contributed by atoms with van der Waals surface area (Å²) in [5.41, 5.74) is -0.567. The van der Waals surface area contributed by atoms with Crippen molar-refractivity contribution in [1.82, 2.24) is 10.6 Å². The van der Waals surface area contributed by atoms with Crippen LogP contribution in [0.15, 0.2) is 0 Å². The molecule has 1 aliphatic carbocycles. The molecular formula is C16H30N2O3. The van der Waals surface area contributed by atoms with Crippen molar-refractivity contribution >= 4 is 12.0 Å². The van der Waals surface area contributed by atoms with E-state index in [1.165, 1.54) is 0 Å². The van der Waals surface area contributed by atoms with Gasteiger partial charge in [-0.1, -0.05) is 27.2 Å². The fraction of sp³-hybridized carbons (Fsp3) is 0.875. The zero-order valence-electron chi connectivity index (χ0n) is 14.2. The van der Waals surface area contributed by atoms with Gasteiger partial charge in [-0.25, -0.2) is 4.79 Å². The summed E-state index contributed by atoms with van der Waals surface area (Å²) >= 11 is 0. The monoisotopic (exact) mass is 298 g/mol. The topological polar surface area (TPSA) is 67.4 Å². The van der Waals surface area contributed by atoms with E-state index in [-0.39, 0.29) is 17.9 Å². The molecule has 2 N–H and O–H groups in total. The molecule has 0 aliphatic heterocycles. The predicted molar refractivity (Wildman–Crippen MR) is 82.9 cm³/mol. The molecule has 0 heterocycles. The second-order valence-electron chi connectivity index (χ2n) is 7.39. The van der Waals surface area contributed by atoms with E-state index in [9.17, 15) is 9.59 Å². The molecule has 0 radical (unpaired) electrons. The minimum Gasteiger partial charge on any atom is -0.444 e. The molecule has 1 aliphatic rings. The fourth-order valence-electron chi connectivity index (χ4n) is 2.60. The summed E-state index contributed by atoms with van der Waals surface area (Å²) in [4.78, 5) is 24.3. The van der Waals surface area contributed by atoms with E-state index in [0.29, 0.717) is 5.92 Å². The minimum absolute atomic E-state index is 0.00854. The maximum atomic E-state index is 12.4. The lowest BCUT2D eigenvalue weighted by Crippen LogP contribution is -2.53. The first-order valence-corrected chi connectivity index (χ1v) is 7.90. The highest BCUT2D eigenvalue weighted by Gasteiger charge is 2.31. The average molecular weight is 298 g/mol. The van der Waals surface area contributed by atoms with Gasteiger partial charge in [0.25, 0.3) is 0 Å². The zero-order valence-corrected chi connectivity index (χ0v) is 14.2. The van der Waals surface area contributed by atoms with Crippen molar-refractivity contribution in [1.29, 1.82) is 0 Å². The van der Waals surface area contributed by atoms with Gasteiger partial charge in [-0.15, -0.1) is 0 Å². The van der Waals surface area contributed by atoms with Crippen LogP contribution in [0.2, 0.25) is 0 Å². The van der Waals surface area contributed by atoms with Crippen molar-refractivity contribution < 1.29 is 14.3 Å². The van der Waals surface area contributed by atoms with Gasteiger partial charge in [0.1, 0.15) is 11.6 Å². The lowest BCUT2D eigenvalue weighted by molar-refractivity contribution is -0.125. The first kappa shape index (κ1) is 17.8. The number of rotatable bonds is 4. The summed E-state index contributed by atoms with van der Waals surface area (Å²) in [6.45, 7) is 11.4. The summed E-state index contributed by atoms with van der Waals surface area (Å²) in [5, 5.41) is 5.76. The fourth-order valence-corrected chi connectivity index (χ4v) is 2.60. The molecule has 0 saturated heterocycles. The van der Waals surface area contributed by atoms with Gasteiger partial charge >= 0.3 is 6.09 Å². The minimum atomic E-state index is -0.567. The van der Waals surface area contributed by atoms with Crippen molar-refractivity contribution in [3.8, 4) is 0 Å². The van der Waals surface area contributed by atoms with Crippen molar-refractivity contribution in [3.05, 3.63) is 0 Å². The Bertz CT molecular complexity index is 374. The number of hydrogen-bond donors (Lipinski definition) is 2. The predicted octanol–water partition coefficient (Wildman–Crippen LogP) is 2.84. The molecule has 21 heavy (non-hydrogen) atoms. The first-order chi connectivity index (χ1) is 9.60. The number of hydrogen-bond acceptors (Lipinski definition) is 3. The molecule has 0 aromatic rings. The van der Waals surface area contributed by atoms with Crippen molar-refractivity contribution in [2.24, 2.45) is 11.8 Å². The zero-order chi connectivity index (χ0) is 16.2. The molecule has 0 spiro atoms. The Kier molecular flexibility index (Phi) is 6.05. The summed E-state index contributed by atoms with van der Waals surface area (Å²) in [6, 6.07) is -0.341. The second kappa shape index (κ2) is 7.14. The number of carbonyl (C=O) groups is 2. The van der Waals surface area contributed by atoms with Crippen LogP contribution < -0.4 is 10.6 Å². The molecule has 0 aromatic heterocycles. The van der Waals surface area contributed by atoms with Gasteiger partial charge in [0, 0.05) is 6.04 Å². The molecule has 3 atom stereocenters. The second-order valence-corrected chi connectivity index (χ2v) is 7.39. The number of nitrogens with one attached hydrogen (secondary N) is 2. The van der Waals surface area contributed by atoms with Gasteiger partial charge in [-0.3, -0.25) is 4.79 Å². The summed E-state index contributed by atoms with van der Waals surface area (Å²) in [5.74, 6) is 0.395. The first-order valence-electron chi connectivity index (χ1n) is 7.90. The Morgan fingerprint density at radius 2 is 1.81 bits per heavy atom. The third-order valence-corrected chi connectivity index (χ3v) is 3.81. The average Bonchev–Trinajstić information content (AvgIpc) is 2.69. The molecule has 0 bridgehead atoms. The molecule has 5 heteroatoms. The summed E-state index contributed by atoms with van der Waals surface area (Å²) in [7, 11) is 0. The molecule has 2 amide bonds. The Labute approximate surface area is 128 Å². The van der Waals surface area contributed by atoms with Crippen LogP contribution in [0.4, 0.5) is 4.79 Å². The molecule has 0 aromatic carbocycles. The molecule has 122 valence electrons. The molecule has 3 unspecified atom stereocenters. The molecule has 5 nitrogen and oxygen atoms in total. The third-order valence-electron chi connectivity index (χ3n) is 3.81. The van der Waals surface area contributed by atoms with Crippen LogP contribution in [0.25, 0.3) is 0 Å².